The van der Waals surface area contributed by atoms with E-state index < -0.39 is 10.0 Å². The van der Waals surface area contributed by atoms with Crippen LogP contribution in [-0.4, -0.2) is 38.1 Å². The van der Waals surface area contributed by atoms with Crippen LogP contribution in [0.5, 0.6) is 0 Å². The van der Waals surface area contributed by atoms with E-state index >= 15 is 0 Å². The second kappa shape index (κ2) is 7.04. The van der Waals surface area contributed by atoms with Gasteiger partial charge in [-0.05, 0) is 50.5 Å². The Morgan fingerprint density at radius 1 is 1.00 bits per heavy atom. The first-order chi connectivity index (χ1) is 9.12. The highest BCUT2D eigenvalue weighted by Crippen LogP contribution is 2.28. The second-order valence-electron chi connectivity index (χ2n) is 6.23. The van der Waals surface area contributed by atoms with Gasteiger partial charge in [-0.15, -0.1) is 0 Å². The van der Waals surface area contributed by atoms with Crippen molar-refractivity contribution >= 4 is 10.0 Å². The molecule has 2 rings (SSSR count). The van der Waals surface area contributed by atoms with Crippen LogP contribution >= 0.6 is 0 Å². The molecule has 0 aromatic heterocycles. The fraction of sp³-hybridized carbons (Fsp3) is 1.00. The Hall–Kier alpha value is -0.130. The van der Waals surface area contributed by atoms with Crippen molar-refractivity contribution in [3.63, 3.8) is 0 Å². The summed E-state index contributed by atoms with van der Waals surface area (Å²) in [5.74, 6) is 1.25. The maximum atomic E-state index is 12.5. The van der Waals surface area contributed by atoms with E-state index in [1.807, 2.05) is 0 Å². The first-order valence-corrected chi connectivity index (χ1v) is 9.40. The molecule has 1 heterocycles. The molecule has 1 unspecified atom stereocenters. The standard InChI is InChI=1S/C14H28N2O2S/c15-9-8-13-7-4-10-16(11-13)19(17,18)12-14-5-2-1-3-6-14/h13-14H,1-12,15H2. The van der Waals surface area contributed by atoms with Crippen LogP contribution in [-0.2, 0) is 10.0 Å². The molecule has 1 saturated carbocycles. The topological polar surface area (TPSA) is 63.4 Å². The Morgan fingerprint density at radius 2 is 1.68 bits per heavy atom. The minimum atomic E-state index is -3.04. The molecule has 0 radical (unpaired) electrons. The average Bonchev–Trinajstić information content (AvgIpc) is 2.40. The van der Waals surface area contributed by atoms with Crippen LogP contribution in [0, 0.1) is 11.8 Å². The van der Waals surface area contributed by atoms with Crippen molar-refractivity contribution in [2.75, 3.05) is 25.4 Å². The highest BCUT2D eigenvalue weighted by molar-refractivity contribution is 7.89. The SMILES string of the molecule is NCCC1CCCN(S(=O)(=O)CC2CCCCC2)C1. The van der Waals surface area contributed by atoms with Gasteiger partial charge >= 0.3 is 0 Å². The lowest BCUT2D eigenvalue weighted by Gasteiger charge is -2.33. The van der Waals surface area contributed by atoms with Gasteiger partial charge in [0.25, 0.3) is 0 Å². The van der Waals surface area contributed by atoms with Crippen LogP contribution < -0.4 is 5.73 Å². The van der Waals surface area contributed by atoms with Gasteiger partial charge in [-0.3, -0.25) is 0 Å². The van der Waals surface area contributed by atoms with E-state index in [0.29, 0.717) is 30.7 Å². The summed E-state index contributed by atoms with van der Waals surface area (Å²) in [6.45, 7) is 2.09. The molecule has 0 bridgehead atoms. The predicted molar refractivity (Wildman–Crippen MR) is 78.3 cm³/mol. The Balaban J connectivity index is 1.90. The van der Waals surface area contributed by atoms with Crippen molar-refractivity contribution in [2.45, 2.75) is 51.4 Å². The van der Waals surface area contributed by atoms with Crippen LogP contribution in [0.2, 0.25) is 0 Å². The maximum absolute atomic E-state index is 12.5. The average molecular weight is 288 g/mol. The normalized spacial score (nSPS) is 27.5. The molecule has 1 atom stereocenters. The van der Waals surface area contributed by atoms with E-state index in [-0.39, 0.29) is 0 Å². The van der Waals surface area contributed by atoms with Crippen LogP contribution in [0.1, 0.15) is 51.4 Å². The first kappa shape index (κ1) is 15.3. The lowest BCUT2D eigenvalue weighted by molar-refractivity contribution is 0.255. The van der Waals surface area contributed by atoms with Gasteiger partial charge in [0, 0.05) is 13.1 Å². The summed E-state index contributed by atoms with van der Waals surface area (Å²) in [5, 5.41) is 0. The molecule has 5 heteroatoms. The minimum absolute atomic E-state index is 0.377. The molecular formula is C14H28N2O2S. The van der Waals surface area contributed by atoms with Crippen molar-refractivity contribution in [3.8, 4) is 0 Å². The number of sulfonamides is 1. The molecule has 2 fully saturated rings. The van der Waals surface area contributed by atoms with Crippen LogP contribution in [0.15, 0.2) is 0 Å². The van der Waals surface area contributed by atoms with E-state index in [0.717, 1.165) is 38.6 Å². The third-order valence-electron chi connectivity index (χ3n) is 4.62. The zero-order valence-corrected chi connectivity index (χ0v) is 12.7. The summed E-state index contributed by atoms with van der Waals surface area (Å²) in [5.41, 5.74) is 5.60. The molecule has 2 N–H and O–H groups in total. The van der Waals surface area contributed by atoms with Gasteiger partial charge in [-0.25, -0.2) is 12.7 Å². The van der Waals surface area contributed by atoms with Crippen molar-refractivity contribution in [1.29, 1.82) is 0 Å². The van der Waals surface area contributed by atoms with Gasteiger partial charge in [0.1, 0.15) is 0 Å². The smallest absolute Gasteiger partial charge is 0.214 e. The fourth-order valence-electron chi connectivity index (χ4n) is 3.51. The summed E-state index contributed by atoms with van der Waals surface area (Å²) in [4.78, 5) is 0. The highest BCUT2D eigenvalue weighted by atomic mass is 32.2. The van der Waals surface area contributed by atoms with E-state index in [9.17, 15) is 8.42 Å². The molecule has 2 aliphatic rings. The minimum Gasteiger partial charge on any atom is -0.330 e. The number of rotatable bonds is 5. The number of hydrogen-bond acceptors (Lipinski definition) is 3. The second-order valence-corrected chi connectivity index (χ2v) is 8.24. The van der Waals surface area contributed by atoms with E-state index in [1.165, 1.54) is 19.3 Å². The third-order valence-corrected chi connectivity index (χ3v) is 6.63. The van der Waals surface area contributed by atoms with E-state index in [1.54, 1.807) is 4.31 Å². The van der Waals surface area contributed by atoms with E-state index in [4.69, 9.17) is 5.73 Å². The van der Waals surface area contributed by atoms with Crippen LogP contribution in [0.3, 0.4) is 0 Å². The highest BCUT2D eigenvalue weighted by Gasteiger charge is 2.31. The number of hydrogen-bond donors (Lipinski definition) is 1. The Kier molecular flexibility index (Phi) is 5.66. The maximum Gasteiger partial charge on any atom is 0.214 e. The molecule has 0 aromatic carbocycles. The van der Waals surface area contributed by atoms with Crippen molar-refractivity contribution < 1.29 is 8.42 Å². The fourth-order valence-corrected chi connectivity index (χ4v) is 5.49. The summed E-state index contributed by atoms with van der Waals surface area (Å²) in [7, 11) is -3.04. The quantitative estimate of drug-likeness (QED) is 0.841. The number of nitrogens with zero attached hydrogens (tertiary/aromatic N) is 1. The lowest BCUT2D eigenvalue weighted by Crippen LogP contribution is -2.42. The molecule has 19 heavy (non-hydrogen) atoms. The van der Waals surface area contributed by atoms with Gasteiger partial charge in [0.2, 0.25) is 10.0 Å². The molecule has 1 aliphatic heterocycles. The molecule has 112 valence electrons. The van der Waals surface area contributed by atoms with Gasteiger partial charge in [-0.1, -0.05) is 19.3 Å². The van der Waals surface area contributed by atoms with Gasteiger partial charge < -0.3 is 5.73 Å². The molecular weight excluding hydrogens is 260 g/mol. The Labute approximate surface area is 117 Å². The van der Waals surface area contributed by atoms with Crippen molar-refractivity contribution in [1.82, 2.24) is 4.31 Å². The van der Waals surface area contributed by atoms with Crippen molar-refractivity contribution in [2.24, 2.45) is 17.6 Å². The summed E-state index contributed by atoms with van der Waals surface area (Å²) in [6.07, 6.45) is 8.96. The first-order valence-electron chi connectivity index (χ1n) is 7.79. The molecule has 0 amide bonds. The molecule has 4 nitrogen and oxygen atoms in total. The monoisotopic (exact) mass is 288 g/mol. The number of piperidine rings is 1. The van der Waals surface area contributed by atoms with Gasteiger partial charge in [0.05, 0.1) is 5.75 Å². The summed E-state index contributed by atoms with van der Waals surface area (Å²) in [6, 6.07) is 0. The van der Waals surface area contributed by atoms with Crippen LogP contribution in [0.25, 0.3) is 0 Å². The predicted octanol–water partition coefficient (Wildman–Crippen LogP) is 1.96. The van der Waals surface area contributed by atoms with Crippen molar-refractivity contribution in [3.05, 3.63) is 0 Å². The van der Waals surface area contributed by atoms with E-state index in [2.05, 4.69) is 0 Å². The van der Waals surface area contributed by atoms with Gasteiger partial charge in [-0.2, -0.15) is 0 Å². The molecule has 0 spiro atoms. The third kappa shape index (κ3) is 4.43. The van der Waals surface area contributed by atoms with Gasteiger partial charge in [0.15, 0.2) is 0 Å². The largest absolute Gasteiger partial charge is 0.330 e. The number of nitrogens with two attached hydrogens (primary N) is 1. The molecule has 0 aromatic rings. The lowest BCUT2D eigenvalue weighted by atomic mass is 9.91. The summed E-state index contributed by atoms with van der Waals surface area (Å²) >= 11 is 0. The Morgan fingerprint density at radius 3 is 2.37 bits per heavy atom. The summed E-state index contributed by atoms with van der Waals surface area (Å²) < 4.78 is 26.7. The molecule has 1 aliphatic carbocycles. The Bertz CT molecular complexity index is 362. The molecule has 1 saturated heterocycles. The zero-order chi connectivity index (χ0) is 13.7. The van der Waals surface area contributed by atoms with Crippen LogP contribution in [0.4, 0.5) is 0 Å². The zero-order valence-electron chi connectivity index (χ0n) is 11.9.